The summed E-state index contributed by atoms with van der Waals surface area (Å²) in [6.07, 6.45) is 0. The Morgan fingerprint density at radius 3 is 2.68 bits per heavy atom. The molecule has 0 unspecified atom stereocenters. The highest BCUT2D eigenvalue weighted by Crippen LogP contribution is 2.25. The SMILES string of the molecule is Cc1cccc(-c2nnc(SCC(=O)Nc3cccc(Cl)c3)n2CC(N)=O)c1. The van der Waals surface area contributed by atoms with Gasteiger partial charge in [-0.25, -0.2) is 0 Å². The first kappa shape index (κ1) is 19.9. The van der Waals surface area contributed by atoms with Gasteiger partial charge in [0.1, 0.15) is 6.54 Å². The molecule has 0 fully saturated rings. The molecule has 7 nitrogen and oxygen atoms in total. The van der Waals surface area contributed by atoms with Crippen molar-refractivity contribution >= 4 is 40.9 Å². The summed E-state index contributed by atoms with van der Waals surface area (Å²) in [7, 11) is 0. The van der Waals surface area contributed by atoms with Crippen molar-refractivity contribution in [1.29, 1.82) is 0 Å². The van der Waals surface area contributed by atoms with Gasteiger partial charge in [-0.3, -0.25) is 14.2 Å². The minimum Gasteiger partial charge on any atom is -0.368 e. The van der Waals surface area contributed by atoms with Crippen LogP contribution in [-0.2, 0) is 16.1 Å². The third-order valence-corrected chi connectivity index (χ3v) is 4.95. The molecule has 28 heavy (non-hydrogen) atoms. The summed E-state index contributed by atoms with van der Waals surface area (Å²) < 4.78 is 1.62. The lowest BCUT2D eigenvalue weighted by atomic mass is 10.1. The van der Waals surface area contributed by atoms with Crippen LogP contribution in [0.2, 0.25) is 5.02 Å². The number of carbonyl (C=O) groups excluding carboxylic acids is 2. The van der Waals surface area contributed by atoms with Crippen molar-refractivity contribution < 1.29 is 9.59 Å². The summed E-state index contributed by atoms with van der Waals surface area (Å²) in [5.74, 6) is -0.116. The van der Waals surface area contributed by atoms with E-state index in [4.69, 9.17) is 17.3 Å². The van der Waals surface area contributed by atoms with E-state index in [-0.39, 0.29) is 18.2 Å². The molecule has 0 bridgehead atoms. The third-order valence-electron chi connectivity index (χ3n) is 3.75. The van der Waals surface area contributed by atoms with Gasteiger partial charge in [0.25, 0.3) is 0 Å². The van der Waals surface area contributed by atoms with Crippen LogP contribution < -0.4 is 11.1 Å². The number of amides is 2. The maximum absolute atomic E-state index is 12.2. The molecule has 0 aliphatic rings. The second-order valence-electron chi connectivity index (χ2n) is 6.08. The average Bonchev–Trinajstić information content (AvgIpc) is 3.02. The largest absolute Gasteiger partial charge is 0.368 e. The van der Waals surface area contributed by atoms with Crippen LogP contribution in [0.25, 0.3) is 11.4 Å². The molecule has 3 aromatic rings. The van der Waals surface area contributed by atoms with Crippen LogP contribution in [0.15, 0.2) is 53.7 Å². The van der Waals surface area contributed by atoms with Gasteiger partial charge in [0.05, 0.1) is 5.75 Å². The topological polar surface area (TPSA) is 103 Å². The molecule has 3 N–H and O–H groups in total. The number of primary amides is 1. The normalized spacial score (nSPS) is 10.6. The van der Waals surface area contributed by atoms with Crippen molar-refractivity contribution in [2.24, 2.45) is 5.73 Å². The molecule has 0 atom stereocenters. The fourth-order valence-electron chi connectivity index (χ4n) is 2.58. The average molecular weight is 416 g/mol. The number of nitrogens with zero attached hydrogens (tertiary/aromatic N) is 3. The van der Waals surface area contributed by atoms with E-state index < -0.39 is 5.91 Å². The molecule has 0 radical (unpaired) electrons. The van der Waals surface area contributed by atoms with Crippen molar-refractivity contribution in [1.82, 2.24) is 14.8 Å². The Morgan fingerprint density at radius 2 is 1.96 bits per heavy atom. The number of carbonyl (C=O) groups is 2. The number of anilines is 1. The lowest BCUT2D eigenvalue weighted by Gasteiger charge is -2.09. The van der Waals surface area contributed by atoms with Gasteiger partial charge in [0.15, 0.2) is 11.0 Å². The number of aromatic nitrogens is 3. The van der Waals surface area contributed by atoms with E-state index in [1.54, 1.807) is 28.8 Å². The molecular formula is C19H18ClN5O2S. The molecule has 0 aliphatic carbocycles. The predicted octanol–water partition coefficient (Wildman–Crippen LogP) is 3.12. The summed E-state index contributed by atoms with van der Waals surface area (Å²) in [5.41, 5.74) is 7.87. The van der Waals surface area contributed by atoms with Gasteiger partial charge < -0.3 is 11.1 Å². The fourth-order valence-corrected chi connectivity index (χ4v) is 3.51. The highest BCUT2D eigenvalue weighted by molar-refractivity contribution is 7.99. The molecule has 1 aromatic heterocycles. The zero-order chi connectivity index (χ0) is 20.1. The zero-order valence-electron chi connectivity index (χ0n) is 15.1. The minimum absolute atomic E-state index is 0.0749. The Labute approximate surface area is 171 Å². The van der Waals surface area contributed by atoms with Crippen molar-refractivity contribution in [3.8, 4) is 11.4 Å². The number of halogens is 1. The highest BCUT2D eigenvalue weighted by Gasteiger charge is 2.17. The maximum Gasteiger partial charge on any atom is 0.237 e. The van der Waals surface area contributed by atoms with E-state index >= 15 is 0 Å². The molecule has 0 saturated carbocycles. The van der Waals surface area contributed by atoms with Crippen molar-refractivity contribution in [2.75, 3.05) is 11.1 Å². The third kappa shape index (κ3) is 5.11. The molecule has 0 aliphatic heterocycles. The maximum atomic E-state index is 12.2. The van der Waals surface area contributed by atoms with Crippen LogP contribution in [0.4, 0.5) is 5.69 Å². The van der Waals surface area contributed by atoms with E-state index in [2.05, 4.69) is 15.5 Å². The van der Waals surface area contributed by atoms with Gasteiger partial charge in [-0.05, 0) is 31.2 Å². The predicted molar refractivity (Wildman–Crippen MR) is 110 cm³/mol. The number of nitrogens with one attached hydrogen (secondary N) is 1. The Kier molecular flexibility index (Phi) is 6.33. The van der Waals surface area contributed by atoms with Gasteiger partial charge in [-0.2, -0.15) is 0 Å². The smallest absolute Gasteiger partial charge is 0.237 e. The molecule has 0 saturated heterocycles. The van der Waals surface area contributed by atoms with Crippen LogP contribution in [-0.4, -0.2) is 32.3 Å². The number of hydrogen-bond acceptors (Lipinski definition) is 5. The standard InChI is InChI=1S/C19H18ClN5O2S/c1-12-4-2-5-13(8-12)18-23-24-19(25(18)10-16(21)26)28-11-17(27)22-15-7-3-6-14(20)9-15/h2-9H,10-11H2,1H3,(H2,21,26)(H,22,27). The van der Waals surface area contributed by atoms with Crippen LogP contribution in [0.1, 0.15) is 5.56 Å². The van der Waals surface area contributed by atoms with Gasteiger partial charge in [0, 0.05) is 16.3 Å². The Morgan fingerprint density at radius 1 is 1.18 bits per heavy atom. The molecule has 144 valence electrons. The molecule has 2 aromatic carbocycles. The van der Waals surface area contributed by atoms with Gasteiger partial charge in [-0.15, -0.1) is 10.2 Å². The van der Waals surface area contributed by atoms with Gasteiger partial charge in [0.2, 0.25) is 11.8 Å². The number of rotatable bonds is 7. The van der Waals surface area contributed by atoms with Crippen LogP contribution in [0.5, 0.6) is 0 Å². The minimum atomic E-state index is -0.515. The number of thioether (sulfide) groups is 1. The monoisotopic (exact) mass is 415 g/mol. The van der Waals surface area contributed by atoms with Crippen molar-refractivity contribution in [3.63, 3.8) is 0 Å². The Balaban J connectivity index is 1.76. The lowest BCUT2D eigenvalue weighted by Crippen LogP contribution is -2.20. The first-order valence-electron chi connectivity index (χ1n) is 8.39. The first-order valence-corrected chi connectivity index (χ1v) is 9.75. The summed E-state index contributed by atoms with van der Waals surface area (Å²) in [5, 5.41) is 12.1. The van der Waals surface area contributed by atoms with E-state index in [1.165, 1.54) is 11.8 Å². The van der Waals surface area contributed by atoms with Crippen LogP contribution in [0, 0.1) is 6.92 Å². The van der Waals surface area contributed by atoms with E-state index in [0.717, 1.165) is 11.1 Å². The lowest BCUT2D eigenvalue weighted by molar-refractivity contribution is -0.118. The van der Waals surface area contributed by atoms with Crippen LogP contribution in [0.3, 0.4) is 0 Å². The van der Waals surface area contributed by atoms with E-state index in [1.807, 2.05) is 31.2 Å². The van der Waals surface area contributed by atoms with Gasteiger partial charge >= 0.3 is 0 Å². The Bertz CT molecular complexity index is 1020. The number of benzene rings is 2. The molecule has 1 heterocycles. The summed E-state index contributed by atoms with van der Waals surface area (Å²) in [6, 6.07) is 14.6. The zero-order valence-corrected chi connectivity index (χ0v) is 16.6. The van der Waals surface area contributed by atoms with Crippen LogP contribution >= 0.6 is 23.4 Å². The van der Waals surface area contributed by atoms with Gasteiger partial charge in [-0.1, -0.05) is 53.2 Å². The second-order valence-corrected chi connectivity index (χ2v) is 7.45. The second kappa shape index (κ2) is 8.90. The fraction of sp³-hybridized carbons (Fsp3) is 0.158. The molecule has 2 amide bonds. The summed E-state index contributed by atoms with van der Waals surface area (Å²) >= 11 is 7.10. The molecule has 3 rings (SSSR count). The molecular weight excluding hydrogens is 398 g/mol. The molecule has 9 heteroatoms. The number of aryl methyl sites for hydroxylation is 1. The first-order chi connectivity index (χ1) is 13.4. The number of hydrogen-bond donors (Lipinski definition) is 2. The summed E-state index contributed by atoms with van der Waals surface area (Å²) in [6.45, 7) is 1.89. The highest BCUT2D eigenvalue weighted by atomic mass is 35.5. The molecule has 0 spiro atoms. The van der Waals surface area contributed by atoms with E-state index in [0.29, 0.717) is 21.7 Å². The number of nitrogens with two attached hydrogens (primary N) is 1. The van der Waals surface area contributed by atoms with Crippen molar-refractivity contribution in [2.45, 2.75) is 18.6 Å². The van der Waals surface area contributed by atoms with E-state index in [9.17, 15) is 9.59 Å². The van der Waals surface area contributed by atoms with Crippen molar-refractivity contribution in [3.05, 3.63) is 59.1 Å². The quantitative estimate of drug-likeness (QED) is 0.577. The Hall–Kier alpha value is -2.84. The summed E-state index contributed by atoms with van der Waals surface area (Å²) in [4.78, 5) is 23.8.